The summed E-state index contributed by atoms with van der Waals surface area (Å²) >= 11 is 0. The second-order valence-electron chi connectivity index (χ2n) is 7.66. The number of benzene rings is 2. The smallest absolute Gasteiger partial charge is 0.342 e. The Hall–Kier alpha value is -3.14. The van der Waals surface area contributed by atoms with Gasteiger partial charge in [0.05, 0.1) is 0 Å². The molecule has 3 aromatic rings. The molecule has 1 fully saturated rings. The van der Waals surface area contributed by atoms with Crippen molar-refractivity contribution in [1.82, 2.24) is 4.98 Å². The number of carbonyl (C=O) groups is 1. The lowest BCUT2D eigenvalue weighted by atomic mass is 9.73. The molecule has 2 aliphatic carbocycles. The summed E-state index contributed by atoms with van der Waals surface area (Å²) in [5.41, 5.74) is 2.26. The van der Waals surface area contributed by atoms with Crippen LogP contribution < -0.4 is 0 Å². The van der Waals surface area contributed by atoms with Crippen LogP contribution in [0, 0.1) is 11.8 Å². The van der Waals surface area contributed by atoms with Crippen molar-refractivity contribution in [2.75, 3.05) is 0 Å². The number of hydrogen-bond acceptors (Lipinski definition) is 3. The Bertz CT molecular complexity index is 1130. The van der Waals surface area contributed by atoms with Crippen molar-refractivity contribution < 1.29 is 9.53 Å². The van der Waals surface area contributed by atoms with E-state index in [2.05, 4.69) is 35.5 Å². The lowest BCUT2D eigenvalue weighted by Gasteiger charge is -2.32. The monoisotopic (exact) mass is 354 g/mol. The van der Waals surface area contributed by atoms with Gasteiger partial charge in [0.15, 0.2) is 5.54 Å². The van der Waals surface area contributed by atoms with E-state index >= 15 is 0 Å². The molecule has 1 aromatic heterocycles. The number of H-pyrrole nitrogens is 1. The van der Waals surface area contributed by atoms with E-state index < -0.39 is 5.54 Å². The number of cyclic esters (lactones) is 1. The van der Waals surface area contributed by atoms with E-state index in [1.165, 1.54) is 5.39 Å². The van der Waals surface area contributed by atoms with E-state index in [9.17, 15) is 4.79 Å². The molecule has 27 heavy (non-hydrogen) atoms. The quantitative estimate of drug-likeness (QED) is 0.554. The molecule has 1 spiro atoms. The second-order valence-corrected chi connectivity index (χ2v) is 7.66. The zero-order chi connectivity index (χ0) is 18.0. The summed E-state index contributed by atoms with van der Waals surface area (Å²) < 4.78 is 5.75. The minimum absolute atomic E-state index is 0.00244. The number of aliphatic imine (C=N–C) groups is 1. The number of rotatable bonds is 2. The summed E-state index contributed by atoms with van der Waals surface area (Å²) in [4.78, 5) is 21.6. The van der Waals surface area contributed by atoms with Crippen molar-refractivity contribution in [3.63, 3.8) is 0 Å². The third-order valence-corrected chi connectivity index (χ3v) is 6.36. The summed E-state index contributed by atoms with van der Waals surface area (Å²) in [6.45, 7) is 0. The van der Waals surface area contributed by atoms with Crippen molar-refractivity contribution in [2.45, 2.75) is 17.9 Å². The number of nitrogens with zero attached hydrogens (tertiary/aromatic N) is 1. The first-order valence-corrected chi connectivity index (χ1v) is 9.39. The minimum atomic E-state index is -0.852. The number of aromatic amines is 1. The zero-order valence-corrected chi connectivity index (χ0v) is 14.6. The van der Waals surface area contributed by atoms with Gasteiger partial charge in [0.1, 0.15) is 0 Å². The van der Waals surface area contributed by atoms with Crippen LogP contribution >= 0.6 is 0 Å². The van der Waals surface area contributed by atoms with Gasteiger partial charge in [0.2, 0.25) is 5.90 Å². The molecule has 0 unspecified atom stereocenters. The predicted octanol–water partition coefficient (Wildman–Crippen LogP) is 4.20. The van der Waals surface area contributed by atoms with Crippen LogP contribution in [-0.4, -0.2) is 22.4 Å². The minimum Gasteiger partial charge on any atom is -0.405 e. The van der Waals surface area contributed by atoms with Gasteiger partial charge in [-0.2, -0.15) is 0 Å². The molecular weight excluding hydrogens is 336 g/mol. The van der Waals surface area contributed by atoms with Crippen LogP contribution in [0.4, 0.5) is 0 Å². The topological polar surface area (TPSA) is 54.4 Å². The average Bonchev–Trinajstić information content (AvgIpc) is 3.47. The molecule has 132 valence electrons. The molecule has 1 N–H and O–H groups in total. The molecule has 1 aliphatic heterocycles. The third-order valence-electron chi connectivity index (χ3n) is 6.36. The van der Waals surface area contributed by atoms with E-state index in [0.29, 0.717) is 11.8 Å². The SMILES string of the molecule is O=C1OC(c2ccccc2)=N[C@]12[C@@H]1C=C[C@@H](C1)[C@H]2c1c[nH]c2ccccc12. The highest BCUT2D eigenvalue weighted by atomic mass is 16.6. The molecule has 0 amide bonds. The lowest BCUT2D eigenvalue weighted by molar-refractivity contribution is -0.140. The first-order valence-electron chi connectivity index (χ1n) is 9.39. The van der Waals surface area contributed by atoms with Crippen LogP contribution in [0.1, 0.15) is 23.5 Å². The summed E-state index contributed by atoms with van der Waals surface area (Å²) in [5.74, 6) is 0.632. The van der Waals surface area contributed by atoms with Gasteiger partial charge in [-0.05, 0) is 36.1 Å². The molecule has 1 saturated carbocycles. The van der Waals surface area contributed by atoms with E-state index in [1.807, 2.05) is 42.5 Å². The molecule has 4 nitrogen and oxygen atoms in total. The van der Waals surface area contributed by atoms with Crippen LogP contribution in [0.3, 0.4) is 0 Å². The van der Waals surface area contributed by atoms with Crippen molar-refractivity contribution in [1.29, 1.82) is 0 Å². The Kier molecular flexibility index (Phi) is 2.88. The fourth-order valence-corrected chi connectivity index (χ4v) is 5.22. The molecule has 2 aromatic carbocycles. The van der Waals surface area contributed by atoms with Crippen LogP contribution in [-0.2, 0) is 9.53 Å². The van der Waals surface area contributed by atoms with E-state index in [1.54, 1.807) is 0 Å². The molecule has 2 bridgehead atoms. The van der Waals surface area contributed by atoms with E-state index in [0.717, 1.165) is 23.1 Å². The summed E-state index contributed by atoms with van der Waals surface area (Å²) in [6.07, 6.45) is 7.42. The first kappa shape index (κ1) is 15.0. The highest BCUT2D eigenvalue weighted by molar-refractivity contribution is 6.09. The van der Waals surface area contributed by atoms with Gasteiger partial charge < -0.3 is 9.72 Å². The highest BCUT2D eigenvalue weighted by Gasteiger charge is 2.65. The number of hydrogen-bond donors (Lipinski definition) is 1. The number of aromatic nitrogens is 1. The van der Waals surface area contributed by atoms with Crippen molar-refractivity contribution in [2.24, 2.45) is 16.8 Å². The van der Waals surface area contributed by atoms with Crippen LogP contribution in [0.15, 0.2) is 77.9 Å². The van der Waals surface area contributed by atoms with Crippen molar-refractivity contribution in [3.05, 3.63) is 84.1 Å². The Labute approximate surface area is 156 Å². The lowest BCUT2D eigenvalue weighted by Crippen LogP contribution is -2.44. The summed E-state index contributed by atoms with van der Waals surface area (Å²) in [5, 5.41) is 1.17. The molecule has 3 aliphatic rings. The Morgan fingerprint density at radius 2 is 1.85 bits per heavy atom. The number of ether oxygens (including phenoxy) is 1. The maximum absolute atomic E-state index is 13.2. The van der Waals surface area contributed by atoms with Crippen molar-refractivity contribution in [3.8, 4) is 0 Å². The van der Waals surface area contributed by atoms with Gasteiger partial charge in [-0.1, -0.05) is 48.6 Å². The summed E-state index contributed by atoms with van der Waals surface area (Å²) in [6, 6.07) is 18.0. The van der Waals surface area contributed by atoms with Gasteiger partial charge in [0.25, 0.3) is 0 Å². The fraction of sp³-hybridized carbons (Fsp3) is 0.217. The number of fused-ring (bicyclic) bond motifs is 4. The summed E-state index contributed by atoms with van der Waals surface area (Å²) in [7, 11) is 0. The molecular formula is C23H18N2O2. The number of esters is 1. The Morgan fingerprint density at radius 1 is 1.04 bits per heavy atom. The molecule has 2 heterocycles. The number of allylic oxidation sites excluding steroid dienone is 1. The largest absolute Gasteiger partial charge is 0.405 e. The maximum atomic E-state index is 13.2. The van der Waals surface area contributed by atoms with Gasteiger partial charge in [-0.15, -0.1) is 0 Å². The Morgan fingerprint density at radius 3 is 2.74 bits per heavy atom. The van der Waals surface area contributed by atoms with Crippen LogP contribution in [0.2, 0.25) is 0 Å². The van der Waals surface area contributed by atoms with Gasteiger partial charge in [-0.25, -0.2) is 9.79 Å². The van der Waals surface area contributed by atoms with Crippen molar-refractivity contribution >= 4 is 22.8 Å². The third kappa shape index (κ3) is 1.87. The van der Waals surface area contributed by atoms with Crippen LogP contribution in [0.25, 0.3) is 10.9 Å². The van der Waals surface area contributed by atoms with Crippen LogP contribution in [0.5, 0.6) is 0 Å². The number of para-hydroxylation sites is 1. The molecule has 4 atom stereocenters. The number of nitrogens with one attached hydrogen (secondary N) is 1. The molecule has 4 heteroatoms. The molecule has 0 saturated heterocycles. The van der Waals surface area contributed by atoms with Gasteiger partial charge in [-0.3, -0.25) is 0 Å². The normalized spacial score (nSPS) is 31.0. The number of carbonyl (C=O) groups excluding carboxylic acids is 1. The predicted molar refractivity (Wildman–Crippen MR) is 104 cm³/mol. The highest BCUT2D eigenvalue weighted by Crippen LogP contribution is 2.60. The van der Waals surface area contributed by atoms with E-state index in [-0.39, 0.29) is 17.8 Å². The Balaban J connectivity index is 1.55. The average molecular weight is 354 g/mol. The zero-order valence-electron chi connectivity index (χ0n) is 14.6. The fourth-order valence-electron chi connectivity index (χ4n) is 5.22. The molecule has 6 rings (SSSR count). The maximum Gasteiger partial charge on any atom is 0.342 e. The first-order chi connectivity index (χ1) is 13.3. The van der Waals surface area contributed by atoms with Gasteiger partial charge >= 0.3 is 5.97 Å². The second kappa shape index (κ2) is 5.19. The molecule has 0 radical (unpaired) electrons. The van der Waals surface area contributed by atoms with Gasteiger partial charge in [0, 0.05) is 34.5 Å². The standard InChI is InChI=1S/C23H18N2O2/c26-22-23(25-21(27-22)14-6-2-1-3-7-14)16-11-10-15(12-16)20(23)18-13-24-19-9-5-4-8-17(18)19/h1-11,13,15-16,20,24H,12H2/t15-,16+,20-,23-/m0/s1. The van der Waals surface area contributed by atoms with E-state index in [4.69, 9.17) is 9.73 Å².